The lowest BCUT2D eigenvalue weighted by atomic mass is 10.1. The molecule has 0 fully saturated rings. The summed E-state index contributed by atoms with van der Waals surface area (Å²) in [5, 5.41) is 3.16. The highest BCUT2D eigenvalue weighted by atomic mass is 35.5. The third-order valence-corrected chi connectivity index (χ3v) is 4.83. The van der Waals surface area contributed by atoms with Gasteiger partial charge in [-0.2, -0.15) is 0 Å². The van der Waals surface area contributed by atoms with E-state index >= 15 is 0 Å². The van der Waals surface area contributed by atoms with E-state index in [1.54, 1.807) is 13.0 Å². The molecule has 1 amide bonds. The second-order valence-corrected chi connectivity index (χ2v) is 6.75. The van der Waals surface area contributed by atoms with Crippen LogP contribution in [0.2, 0.25) is 0 Å². The molecule has 4 N–H and O–H groups in total. The number of nitrogens with two attached hydrogens (primary N) is 1. The van der Waals surface area contributed by atoms with E-state index in [1.807, 2.05) is 6.08 Å². The largest absolute Gasteiger partial charge is 0.366 e. The van der Waals surface area contributed by atoms with Crippen LogP contribution in [0.3, 0.4) is 0 Å². The Hall–Kier alpha value is -1.41. The fourth-order valence-electron chi connectivity index (χ4n) is 2.13. The van der Waals surface area contributed by atoms with Crippen molar-refractivity contribution in [2.45, 2.75) is 18.2 Å². The predicted octanol–water partition coefficient (Wildman–Crippen LogP) is 0.714. The van der Waals surface area contributed by atoms with Crippen molar-refractivity contribution >= 4 is 28.3 Å². The Balaban J connectivity index is 0.00000242. The van der Waals surface area contributed by atoms with Gasteiger partial charge >= 0.3 is 0 Å². The molecular formula is C14H20ClN3O3S. The second kappa shape index (κ2) is 7.73. The summed E-state index contributed by atoms with van der Waals surface area (Å²) in [4.78, 5) is 11.3. The summed E-state index contributed by atoms with van der Waals surface area (Å²) in [5.74, 6) is -0.634. The Labute approximate surface area is 136 Å². The predicted molar refractivity (Wildman–Crippen MR) is 87.7 cm³/mol. The Bertz CT molecular complexity index is 687. The number of carbonyl (C=O) groups is 1. The summed E-state index contributed by atoms with van der Waals surface area (Å²) in [5.41, 5.74) is 7.18. The van der Waals surface area contributed by atoms with Gasteiger partial charge in [0.15, 0.2) is 0 Å². The zero-order valence-electron chi connectivity index (χ0n) is 12.3. The van der Waals surface area contributed by atoms with Crippen LogP contribution in [-0.4, -0.2) is 34.0 Å². The van der Waals surface area contributed by atoms with Gasteiger partial charge in [0.25, 0.3) is 0 Å². The number of rotatable bonds is 5. The molecule has 0 saturated carbocycles. The van der Waals surface area contributed by atoms with E-state index in [-0.39, 0.29) is 29.4 Å². The van der Waals surface area contributed by atoms with Gasteiger partial charge in [-0.25, -0.2) is 13.1 Å². The van der Waals surface area contributed by atoms with Gasteiger partial charge in [0.1, 0.15) is 0 Å². The van der Waals surface area contributed by atoms with Crippen LogP contribution in [0.5, 0.6) is 0 Å². The average Bonchev–Trinajstić information content (AvgIpc) is 2.46. The molecule has 8 heteroatoms. The number of benzene rings is 1. The minimum absolute atomic E-state index is 0. The van der Waals surface area contributed by atoms with Crippen molar-refractivity contribution in [3.8, 4) is 0 Å². The summed E-state index contributed by atoms with van der Waals surface area (Å²) in [6.07, 6.45) is 2.80. The number of sulfonamides is 1. The van der Waals surface area contributed by atoms with Gasteiger partial charge < -0.3 is 11.1 Å². The van der Waals surface area contributed by atoms with E-state index in [0.29, 0.717) is 5.56 Å². The first-order valence-corrected chi connectivity index (χ1v) is 8.17. The van der Waals surface area contributed by atoms with Crippen LogP contribution < -0.4 is 15.8 Å². The van der Waals surface area contributed by atoms with E-state index in [1.165, 1.54) is 12.1 Å². The van der Waals surface area contributed by atoms with Crippen molar-refractivity contribution in [3.63, 3.8) is 0 Å². The minimum Gasteiger partial charge on any atom is -0.366 e. The zero-order chi connectivity index (χ0) is 15.5. The highest BCUT2D eigenvalue weighted by Gasteiger charge is 2.17. The maximum absolute atomic E-state index is 12.3. The fraction of sp³-hybridized carbons (Fsp3) is 0.357. The topological polar surface area (TPSA) is 101 Å². The summed E-state index contributed by atoms with van der Waals surface area (Å²) in [7, 11) is -3.65. The molecule has 0 bridgehead atoms. The summed E-state index contributed by atoms with van der Waals surface area (Å²) < 4.78 is 27.1. The lowest BCUT2D eigenvalue weighted by molar-refractivity contribution is 0.0999. The second-order valence-electron chi connectivity index (χ2n) is 4.98. The van der Waals surface area contributed by atoms with Crippen molar-refractivity contribution in [2.24, 2.45) is 5.73 Å². The number of aryl methyl sites for hydroxylation is 1. The first kappa shape index (κ1) is 18.6. The molecule has 122 valence electrons. The van der Waals surface area contributed by atoms with Gasteiger partial charge in [0.05, 0.1) is 4.90 Å². The highest BCUT2D eigenvalue weighted by molar-refractivity contribution is 7.89. The Kier molecular flexibility index (Phi) is 6.55. The van der Waals surface area contributed by atoms with Gasteiger partial charge in [-0.1, -0.05) is 17.7 Å². The standard InChI is InChI=1S/C14H19N3O3S.ClH/c1-10-2-3-12(8-13(10)14(15)18)21(19,20)17-9-11-4-6-16-7-5-11;/h2-4,8,16-17H,5-7,9H2,1H3,(H2,15,18);1H. The number of carbonyl (C=O) groups excluding carboxylic acids is 1. The monoisotopic (exact) mass is 345 g/mol. The van der Waals surface area contributed by atoms with Gasteiger partial charge in [0, 0.05) is 18.7 Å². The van der Waals surface area contributed by atoms with Crippen molar-refractivity contribution < 1.29 is 13.2 Å². The number of hydrogen-bond acceptors (Lipinski definition) is 4. The molecule has 1 aliphatic rings. The molecule has 1 aliphatic heterocycles. The maximum atomic E-state index is 12.3. The molecule has 1 aromatic rings. The van der Waals surface area contributed by atoms with E-state index in [2.05, 4.69) is 10.0 Å². The summed E-state index contributed by atoms with van der Waals surface area (Å²) in [6.45, 7) is 3.60. The third kappa shape index (κ3) is 4.54. The minimum atomic E-state index is -3.65. The SMILES string of the molecule is Cc1ccc(S(=O)(=O)NCC2=CCNCC2)cc1C(N)=O.Cl. The number of amides is 1. The van der Waals surface area contributed by atoms with Crippen LogP contribution in [0.4, 0.5) is 0 Å². The molecule has 0 spiro atoms. The molecule has 0 atom stereocenters. The first-order chi connectivity index (χ1) is 9.90. The molecular weight excluding hydrogens is 326 g/mol. The number of nitrogens with one attached hydrogen (secondary N) is 2. The van der Waals surface area contributed by atoms with Gasteiger partial charge in [-0.3, -0.25) is 4.79 Å². The molecule has 1 heterocycles. The lowest BCUT2D eigenvalue weighted by Gasteiger charge is -2.15. The Morgan fingerprint density at radius 2 is 2.14 bits per heavy atom. The van der Waals surface area contributed by atoms with Gasteiger partial charge in [-0.05, 0) is 37.6 Å². The van der Waals surface area contributed by atoms with Crippen molar-refractivity contribution in [3.05, 3.63) is 41.0 Å². The van der Waals surface area contributed by atoms with E-state index < -0.39 is 15.9 Å². The van der Waals surface area contributed by atoms with Crippen LogP contribution in [0.1, 0.15) is 22.3 Å². The van der Waals surface area contributed by atoms with Crippen LogP contribution in [-0.2, 0) is 10.0 Å². The Morgan fingerprint density at radius 1 is 1.41 bits per heavy atom. The van der Waals surface area contributed by atoms with E-state index in [0.717, 1.165) is 25.1 Å². The molecule has 0 saturated heterocycles. The van der Waals surface area contributed by atoms with Crippen molar-refractivity contribution in [1.29, 1.82) is 0 Å². The summed E-state index contributed by atoms with van der Waals surface area (Å²) >= 11 is 0. The molecule has 6 nitrogen and oxygen atoms in total. The third-order valence-electron chi connectivity index (χ3n) is 3.43. The van der Waals surface area contributed by atoms with Gasteiger partial charge in [-0.15, -0.1) is 12.4 Å². The van der Waals surface area contributed by atoms with Crippen LogP contribution in [0.15, 0.2) is 34.7 Å². The van der Waals surface area contributed by atoms with Gasteiger partial charge in [0.2, 0.25) is 15.9 Å². The van der Waals surface area contributed by atoms with Crippen molar-refractivity contribution in [1.82, 2.24) is 10.0 Å². The average molecular weight is 346 g/mol. The summed E-state index contributed by atoms with van der Waals surface area (Å²) in [6, 6.07) is 4.37. The molecule has 1 aromatic carbocycles. The van der Waals surface area contributed by atoms with Crippen LogP contribution in [0.25, 0.3) is 0 Å². The number of hydrogen-bond donors (Lipinski definition) is 3. The molecule has 0 radical (unpaired) electrons. The number of primary amides is 1. The fourth-order valence-corrected chi connectivity index (χ4v) is 3.20. The molecule has 0 aromatic heterocycles. The Morgan fingerprint density at radius 3 is 2.73 bits per heavy atom. The lowest BCUT2D eigenvalue weighted by Crippen LogP contribution is -2.30. The maximum Gasteiger partial charge on any atom is 0.249 e. The van der Waals surface area contributed by atoms with Crippen molar-refractivity contribution in [2.75, 3.05) is 19.6 Å². The highest BCUT2D eigenvalue weighted by Crippen LogP contribution is 2.15. The molecule has 0 aliphatic carbocycles. The molecule has 0 unspecified atom stereocenters. The zero-order valence-corrected chi connectivity index (χ0v) is 13.9. The smallest absolute Gasteiger partial charge is 0.249 e. The normalized spacial score (nSPS) is 14.9. The van der Waals surface area contributed by atoms with E-state index in [9.17, 15) is 13.2 Å². The van der Waals surface area contributed by atoms with Crippen LogP contribution in [0, 0.1) is 6.92 Å². The first-order valence-electron chi connectivity index (χ1n) is 6.69. The quantitative estimate of drug-likeness (QED) is 0.684. The molecule has 2 rings (SSSR count). The van der Waals surface area contributed by atoms with E-state index in [4.69, 9.17) is 5.73 Å². The number of halogens is 1. The van der Waals surface area contributed by atoms with Crippen LogP contribution >= 0.6 is 12.4 Å². The molecule has 22 heavy (non-hydrogen) atoms.